The SMILES string of the molecule is CCCNc1nc(Nc2cc(-c3csc4c(=O)cc(N5CCOCC5)sc34)ns2)c(C(N)=O)c2nncn12. The van der Waals surface area contributed by atoms with Crippen molar-refractivity contribution >= 4 is 76.9 Å². The first-order valence-corrected chi connectivity index (χ1v) is 14.4. The zero-order valence-corrected chi connectivity index (χ0v) is 22.7. The molecule has 0 aromatic carbocycles. The minimum Gasteiger partial charge on any atom is -0.378 e. The van der Waals surface area contributed by atoms with Gasteiger partial charge in [0.15, 0.2) is 16.9 Å². The Labute approximate surface area is 228 Å². The number of hydrogen-bond donors (Lipinski definition) is 3. The molecular weight excluding hydrogens is 547 g/mol. The summed E-state index contributed by atoms with van der Waals surface area (Å²) in [5.41, 5.74) is 7.78. The summed E-state index contributed by atoms with van der Waals surface area (Å²) in [4.78, 5) is 32.1. The van der Waals surface area contributed by atoms with Crippen molar-refractivity contribution < 1.29 is 9.53 Å². The molecule has 1 fully saturated rings. The molecule has 38 heavy (non-hydrogen) atoms. The number of amides is 1. The number of nitrogens with zero attached hydrogens (tertiary/aromatic N) is 6. The topological polar surface area (TPSA) is 153 Å². The van der Waals surface area contributed by atoms with Crippen LogP contribution in [0, 0.1) is 0 Å². The van der Waals surface area contributed by atoms with Gasteiger partial charge in [-0.25, -0.2) is 0 Å². The summed E-state index contributed by atoms with van der Waals surface area (Å²) in [6, 6.07) is 3.60. The van der Waals surface area contributed by atoms with E-state index in [1.54, 1.807) is 21.8 Å². The van der Waals surface area contributed by atoms with Crippen LogP contribution >= 0.6 is 34.2 Å². The highest BCUT2D eigenvalue weighted by Gasteiger charge is 2.22. The van der Waals surface area contributed by atoms with Crippen LogP contribution in [0.3, 0.4) is 0 Å². The molecule has 6 heterocycles. The molecule has 5 aromatic rings. The van der Waals surface area contributed by atoms with Gasteiger partial charge in [0.25, 0.3) is 5.91 Å². The Hall–Kier alpha value is -3.66. The Bertz CT molecular complexity index is 1700. The standard InChI is InChI=1S/C23H23N9O3S3/c1-2-3-25-23-28-21(17(20(24)34)22-29-26-11-32(22)23)27-15-8-13(30-38-15)12-10-36-19-14(33)9-16(37-18(12)19)31-4-6-35-7-5-31/h8-11,27H,2-7H2,1H3,(H2,24,34)(H,25,28). The van der Waals surface area contributed by atoms with Gasteiger partial charge in [0, 0.05) is 42.7 Å². The van der Waals surface area contributed by atoms with Crippen LogP contribution in [0.5, 0.6) is 0 Å². The number of nitrogens with two attached hydrogens (primary N) is 1. The third-order valence-corrected chi connectivity index (χ3v) is 9.06. The lowest BCUT2D eigenvalue weighted by Gasteiger charge is -2.28. The highest BCUT2D eigenvalue weighted by molar-refractivity contribution is 7.28. The number of thiophene rings is 1. The number of primary amides is 1. The van der Waals surface area contributed by atoms with E-state index in [1.165, 1.54) is 29.2 Å². The van der Waals surface area contributed by atoms with Crippen molar-refractivity contribution in [1.82, 2.24) is 24.0 Å². The third-order valence-electron chi connectivity index (χ3n) is 6.01. The molecular formula is C23H23N9O3S3. The van der Waals surface area contributed by atoms with Gasteiger partial charge in [-0.3, -0.25) is 14.0 Å². The fourth-order valence-electron chi connectivity index (χ4n) is 4.19. The summed E-state index contributed by atoms with van der Waals surface area (Å²) in [5, 5.41) is 18.0. The fraction of sp³-hybridized carbons (Fsp3) is 0.304. The van der Waals surface area contributed by atoms with Crippen molar-refractivity contribution in [1.29, 1.82) is 0 Å². The molecule has 1 saturated heterocycles. The Morgan fingerprint density at radius 2 is 2.08 bits per heavy atom. The van der Waals surface area contributed by atoms with Crippen molar-refractivity contribution in [2.24, 2.45) is 5.73 Å². The van der Waals surface area contributed by atoms with Gasteiger partial charge >= 0.3 is 0 Å². The molecule has 5 aromatic heterocycles. The molecule has 1 aliphatic heterocycles. The first-order valence-electron chi connectivity index (χ1n) is 11.9. The minimum atomic E-state index is -0.672. The molecule has 4 N–H and O–H groups in total. The van der Waals surface area contributed by atoms with E-state index in [9.17, 15) is 9.59 Å². The van der Waals surface area contributed by atoms with Gasteiger partial charge in [0.2, 0.25) is 5.95 Å². The molecule has 0 atom stereocenters. The van der Waals surface area contributed by atoms with Gasteiger partial charge in [-0.15, -0.1) is 32.9 Å². The van der Waals surface area contributed by atoms with Gasteiger partial charge in [-0.2, -0.15) is 9.36 Å². The van der Waals surface area contributed by atoms with Crippen LogP contribution in [0.1, 0.15) is 23.7 Å². The van der Waals surface area contributed by atoms with Crippen LogP contribution in [0.25, 0.3) is 26.3 Å². The molecule has 0 unspecified atom stereocenters. The van der Waals surface area contributed by atoms with E-state index in [4.69, 9.17) is 10.5 Å². The molecule has 0 spiro atoms. The normalized spacial score (nSPS) is 13.9. The second kappa shape index (κ2) is 10.2. The molecule has 12 nitrogen and oxygen atoms in total. The number of carbonyl (C=O) groups excluding carboxylic acids is 1. The van der Waals surface area contributed by atoms with E-state index in [0.717, 1.165) is 40.5 Å². The molecule has 1 aliphatic rings. The molecule has 1 amide bonds. The molecule has 0 saturated carbocycles. The molecule has 0 bridgehead atoms. The minimum absolute atomic E-state index is 0.00842. The average Bonchev–Trinajstić information content (AvgIpc) is 3.67. The van der Waals surface area contributed by atoms with Gasteiger partial charge in [-0.1, -0.05) is 6.92 Å². The van der Waals surface area contributed by atoms with E-state index in [0.29, 0.717) is 41.1 Å². The van der Waals surface area contributed by atoms with Gasteiger partial charge in [0.1, 0.15) is 16.9 Å². The Kier molecular flexibility index (Phi) is 6.65. The number of rotatable bonds is 8. The summed E-state index contributed by atoms with van der Waals surface area (Å²) in [6.07, 6.45) is 2.37. The maximum absolute atomic E-state index is 12.9. The number of hydrogen-bond acceptors (Lipinski definition) is 13. The number of morpholine rings is 1. The predicted molar refractivity (Wildman–Crippen MR) is 151 cm³/mol. The van der Waals surface area contributed by atoms with Crippen LogP contribution in [-0.2, 0) is 4.74 Å². The predicted octanol–water partition coefficient (Wildman–Crippen LogP) is 3.39. The van der Waals surface area contributed by atoms with Gasteiger partial charge in [0.05, 0.1) is 33.3 Å². The van der Waals surface area contributed by atoms with Crippen molar-refractivity contribution in [2.45, 2.75) is 13.3 Å². The summed E-state index contributed by atoms with van der Waals surface area (Å²) in [5.74, 6) is 0.0867. The van der Waals surface area contributed by atoms with Crippen LogP contribution in [0.15, 0.2) is 28.6 Å². The van der Waals surface area contributed by atoms with E-state index < -0.39 is 5.91 Å². The van der Waals surface area contributed by atoms with Crippen molar-refractivity contribution in [3.8, 4) is 11.3 Å². The number of nitrogens with one attached hydrogen (secondary N) is 2. The fourth-order valence-corrected chi connectivity index (χ4v) is 7.20. The second-order valence-electron chi connectivity index (χ2n) is 8.53. The second-order valence-corrected chi connectivity index (χ2v) is 11.2. The molecule has 15 heteroatoms. The summed E-state index contributed by atoms with van der Waals surface area (Å²) < 4.78 is 13.3. The number of aromatic nitrogens is 5. The molecule has 196 valence electrons. The lowest BCUT2D eigenvalue weighted by Crippen LogP contribution is -2.36. The smallest absolute Gasteiger partial charge is 0.256 e. The van der Waals surface area contributed by atoms with Crippen LogP contribution in [0.4, 0.5) is 21.8 Å². The number of fused-ring (bicyclic) bond motifs is 2. The Morgan fingerprint density at radius 1 is 1.24 bits per heavy atom. The average molecular weight is 570 g/mol. The van der Waals surface area contributed by atoms with Crippen molar-refractivity contribution in [3.05, 3.63) is 39.6 Å². The van der Waals surface area contributed by atoms with E-state index in [1.807, 2.05) is 18.4 Å². The summed E-state index contributed by atoms with van der Waals surface area (Å²) in [7, 11) is 0. The molecule has 0 radical (unpaired) electrons. The zero-order chi connectivity index (χ0) is 26.2. The maximum atomic E-state index is 12.9. The highest BCUT2D eigenvalue weighted by atomic mass is 32.1. The largest absolute Gasteiger partial charge is 0.378 e. The molecule has 6 rings (SSSR count). The van der Waals surface area contributed by atoms with Crippen molar-refractivity contribution in [3.63, 3.8) is 0 Å². The van der Waals surface area contributed by atoms with Crippen LogP contribution < -0.4 is 26.7 Å². The quantitative estimate of drug-likeness (QED) is 0.253. The summed E-state index contributed by atoms with van der Waals surface area (Å²) >= 11 is 4.24. The van der Waals surface area contributed by atoms with Crippen LogP contribution in [-0.4, -0.2) is 62.7 Å². The lowest BCUT2D eigenvalue weighted by atomic mass is 10.2. The van der Waals surface area contributed by atoms with Gasteiger partial charge in [-0.05, 0) is 18.0 Å². The monoisotopic (exact) mass is 569 g/mol. The highest BCUT2D eigenvalue weighted by Crippen LogP contribution is 2.40. The summed E-state index contributed by atoms with van der Waals surface area (Å²) in [6.45, 7) is 5.53. The van der Waals surface area contributed by atoms with E-state index in [-0.39, 0.29) is 16.8 Å². The van der Waals surface area contributed by atoms with E-state index in [2.05, 4.69) is 35.1 Å². The number of carbonyl (C=O) groups is 1. The number of ether oxygens (including phenoxy) is 1. The first-order chi connectivity index (χ1) is 18.5. The van der Waals surface area contributed by atoms with E-state index >= 15 is 0 Å². The zero-order valence-electron chi connectivity index (χ0n) is 20.3. The third kappa shape index (κ3) is 4.47. The Balaban J connectivity index is 1.36. The maximum Gasteiger partial charge on any atom is 0.256 e. The number of anilines is 4. The Morgan fingerprint density at radius 3 is 2.87 bits per heavy atom. The van der Waals surface area contributed by atoms with Gasteiger partial charge < -0.3 is 26.0 Å². The van der Waals surface area contributed by atoms with Crippen molar-refractivity contribution in [2.75, 3.05) is 48.4 Å². The molecule has 0 aliphatic carbocycles. The van der Waals surface area contributed by atoms with Crippen LogP contribution in [0.2, 0.25) is 0 Å². The lowest BCUT2D eigenvalue weighted by molar-refractivity contribution is 0.100. The first kappa shape index (κ1) is 24.7.